The van der Waals surface area contributed by atoms with Crippen LogP contribution in [0.4, 0.5) is 0 Å². The average Bonchev–Trinajstić information content (AvgIpc) is 3.01. The van der Waals surface area contributed by atoms with Crippen molar-refractivity contribution in [3.63, 3.8) is 0 Å². The molecule has 0 radical (unpaired) electrons. The molecule has 0 fully saturated rings. The minimum atomic E-state index is -0.178. The van der Waals surface area contributed by atoms with Crippen molar-refractivity contribution in [3.05, 3.63) is 40.3 Å². The van der Waals surface area contributed by atoms with Gasteiger partial charge in [0, 0.05) is 25.5 Å². The predicted molar refractivity (Wildman–Crippen MR) is 88.0 cm³/mol. The van der Waals surface area contributed by atoms with Crippen molar-refractivity contribution in [2.75, 3.05) is 27.4 Å². The van der Waals surface area contributed by atoms with Crippen LogP contribution in [0, 0.1) is 0 Å². The monoisotopic (exact) mass is 336 g/mol. The Morgan fingerprint density at radius 3 is 2.78 bits per heavy atom. The highest BCUT2D eigenvalue weighted by Crippen LogP contribution is 2.25. The van der Waals surface area contributed by atoms with Crippen LogP contribution < -0.4 is 14.8 Å². The zero-order valence-corrected chi connectivity index (χ0v) is 14.0. The average molecular weight is 336 g/mol. The number of hydrogen-bond donors (Lipinski definition) is 1. The molecule has 0 spiro atoms. The molecule has 1 aromatic carbocycles. The molecule has 6 nitrogen and oxygen atoms in total. The molecular weight excluding hydrogens is 316 g/mol. The number of ether oxygens (including phenoxy) is 3. The van der Waals surface area contributed by atoms with Crippen molar-refractivity contribution in [2.24, 2.45) is 0 Å². The number of carbonyl (C=O) groups excluding carboxylic acids is 1. The number of hydrogen-bond acceptors (Lipinski definition) is 6. The van der Waals surface area contributed by atoms with Gasteiger partial charge in [0.25, 0.3) is 5.91 Å². The molecule has 2 rings (SSSR count). The van der Waals surface area contributed by atoms with Crippen LogP contribution in [0.1, 0.15) is 10.7 Å². The van der Waals surface area contributed by atoms with E-state index in [2.05, 4.69) is 10.3 Å². The summed E-state index contributed by atoms with van der Waals surface area (Å²) in [6.07, 6.45) is 0.681. The van der Waals surface area contributed by atoms with Gasteiger partial charge in [-0.25, -0.2) is 4.98 Å². The summed E-state index contributed by atoms with van der Waals surface area (Å²) < 4.78 is 15.7. The van der Waals surface area contributed by atoms with Gasteiger partial charge in [0.05, 0.1) is 19.4 Å². The van der Waals surface area contributed by atoms with E-state index in [1.807, 2.05) is 17.5 Å². The molecule has 1 heterocycles. The van der Waals surface area contributed by atoms with Crippen LogP contribution in [-0.4, -0.2) is 38.3 Å². The van der Waals surface area contributed by atoms with Crippen molar-refractivity contribution in [1.29, 1.82) is 0 Å². The van der Waals surface area contributed by atoms with E-state index in [0.717, 1.165) is 10.7 Å². The fraction of sp³-hybridized carbons (Fsp3) is 0.375. The van der Waals surface area contributed by atoms with Crippen molar-refractivity contribution in [1.82, 2.24) is 10.3 Å². The quantitative estimate of drug-likeness (QED) is 0.759. The Kier molecular flexibility index (Phi) is 6.83. The highest BCUT2D eigenvalue weighted by molar-refractivity contribution is 7.09. The van der Waals surface area contributed by atoms with E-state index in [4.69, 9.17) is 14.2 Å². The lowest BCUT2D eigenvalue weighted by Crippen LogP contribution is -2.30. The Balaban J connectivity index is 1.70. The van der Waals surface area contributed by atoms with Gasteiger partial charge in [0.1, 0.15) is 5.01 Å². The third kappa shape index (κ3) is 5.54. The van der Waals surface area contributed by atoms with E-state index >= 15 is 0 Å². The molecule has 124 valence electrons. The van der Waals surface area contributed by atoms with Gasteiger partial charge in [0.2, 0.25) is 0 Å². The number of nitrogens with zero attached hydrogens (tertiary/aromatic N) is 1. The number of benzene rings is 1. The van der Waals surface area contributed by atoms with Gasteiger partial charge in [-0.2, -0.15) is 0 Å². The molecule has 0 aliphatic rings. The van der Waals surface area contributed by atoms with Crippen LogP contribution in [-0.2, 0) is 22.6 Å². The fourth-order valence-corrected chi connectivity index (χ4v) is 2.71. The van der Waals surface area contributed by atoms with Gasteiger partial charge in [-0.15, -0.1) is 11.3 Å². The van der Waals surface area contributed by atoms with Crippen molar-refractivity contribution in [2.45, 2.75) is 13.0 Å². The lowest BCUT2D eigenvalue weighted by atomic mass is 10.3. The summed E-state index contributed by atoms with van der Waals surface area (Å²) in [5.74, 6) is 0.977. The summed E-state index contributed by atoms with van der Waals surface area (Å²) >= 11 is 1.56. The maximum atomic E-state index is 11.8. The van der Waals surface area contributed by atoms with Gasteiger partial charge < -0.3 is 19.5 Å². The molecule has 1 aromatic heterocycles. The number of aromatic nitrogens is 1. The number of rotatable bonds is 9. The van der Waals surface area contributed by atoms with Gasteiger partial charge in [-0.05, 0) is 12.1 Å². The second-order valence-corrected chi connectivity index (χ2v) is 5.65. The van der Waals surface area contributed by atoms with Crippen molar-refractivity contribution < 1.29 is 19.0 Å². The summed E-state index contributed by atoms with van der Waals surface area (Å²) in [4.78, 5) is 16.2. The third-order valence-electron chi connectivity index (χ3n) is 3.00. The fourth-order valence-electron chi connectivity index (χ4n) is 1.92. The Labute approximate surface area is 139 Å². The molecule has 0 bridgehead atoms. The topological polar surface area (TPSA) is 69.7 Å². The standard InChI is InChI=1S/C16H20N2O4S/c1-20-10-16-18-12(11-23-16)7-8-17-15(19)9-22-14-6-4-3-5-13(14)21-2/h3-6,11H,7-10H2,1-2H3,(H,17,19). The predicted octanol–water partition coefficient (Wildman–Crippen LogP) is 2.04. The Morgan fingerprint density at radius 1 is 1.26 bits per heavy atom. The molecule has 2 aromatic rings. The lowest BCUT2D eigenvalue weighted by molar-refractivity contribution is -0.123. The maximum Gasteiger partial charge on any atom is 0.257 e. The van der Waals surface area contributed by atoms with Gasteiger partial charge >= 0.3 is 0 Å². The summed E-state index contributed by atoms with van der Waals surface area (Å²) in [5.41, 5.74) is 0.952. The number of methoxy groups -OCH3 is 2. The Morgan fingerprint density at radius 2 is 2.04 bits per heavy atom. The second-order valence-electron chi connectivity index (χ2n) is 4.71. The van der Waals surface area contributed by atoms with Crippen molar-refractivity contribution >= 4 is 17.2 Å². The van der Waals surface area contributed by atoms with Crippen LogP contribution in [0.2, 0.25) is 0 Å². The zero-order valence-electron chi connectivity index (χ0n) is 13.2. The number of nitrogens with one attached hydrogen (secondary N) is 1. The smallest absolute Gasteiger partial charge is 0.257 e. The first-order valence-corrected chi connectivity index (χ1v) is 8.05. The maximum absolute atomic E-state index is 11.8. The van der Waals surface area contributed by atoms with Crippen LogP contribution >= 0.6 is 11.3 Å². The van der Waals surface area contributed by atoms with Gasteiger partial charge in [-0.3, -0.25) is 4.79 Å². The van der Waals surface area contributed by atoms with E-state index in [0.29, 0.717) is 31.1 Å². The SMILES string of the molecule is COCc1nc(CCNC(=O)COc2ccccc2OC)cs1. The van der Waals surface area contributed by atoms with Crippen LogP contribution in [0.5, 0.6) is 11.5 Å². The molecule has 0 saturated carbocycles. The van der Waals surface area contributed by atoms with Crippen LogP contribution in [0.25, 0.3) is 0 Å². The molecule has 23 heavy (non-hydrogen) atoms. The highest BCUT2D eigenvalue weighted by atomic mass is 32.1. The molecule has 0 aliphatic carbocycles. The lowest BCUT2D eigenvalue weighted by Gasteiger charge is -2.10. The Hall–Kier alpha value is -2.12. The minimum absolute atomic E-state index is 0.0492. The minimum Gasteiger partial charge on any atom is -0.493 e. The molecule has 0 saturated heterocycles. The number of thiazole rings is 1. The van der Waals surface area contributed by atoms with Gasteiger partial charge in [0.15, 0.2) is 18.1 Å². The van der Waals surface area contributed by atoms with Gasteiger partial charge in [-0.1, -0.05) is 12.1 Å². The molecule has 1 N–H and O–H groups in total. The number of para-hydroxylation sites is 2. The zero-order chi connectivity index (χ0) is 16.5. The summed E-state index contributed by atoms with van der Waals surface area (Å²) in [5, 5.41) is 5.73. The van der Waals surface area contributed by atoms with Crippen LogP contribution in [0.15, 0.2) is 29.6 Å². The first-order valence-electron chi connectivity index (χ1n) is 7.17. The van der Waals surface area contributed by atoms with E-state index in [-0.39, 0.29) is 12.5 Å². The normalized spacial score (nSPS) is 10.3. The summed E-state index contributed by atoms with van der Waals surface area (Å²) in [6.45, 7) is 0.987. The number of amides is 1. The number of carbonyl (C=O) groups is 1. The Bertz CT molecular complexity index is 630. The molecule has 0 atom stereocenters. The molecular formula is C16H20N2O4S. The van der Waals surface area contributed by atoms with E-state index < -0.39 is 0 Å². The summed E-state index contributed by atoms with van der Waals surface area (Å²) in [7, 11) is 3.21. The molecule has 0 unspecified atom stereocenters. The van der Waals surface area contributed by atoms with E-state index in [1.165, 1.54) is 0 Å². The highest BCUT2D eigenvalue weighted by Gasteiger charge is 2.07. The van der Waals surface area contributed by atoms with E-state index in [9.17, 15) is 4.79 Å². The first kappa shape index (κ1) is 17.2. The van der Waals surface area contributed by atoms with E-state index in [1.54, 1.807) is 37.7 Å². The summed E-state index contributed by atoms with van der Waals surface area (Å²) in [6, 6.07) is 7.22. The molecule has 0 aliphatic heterocycles. The second kappa shape index (κ2) is 9.12. The molecule has 7 heteroatoms. The van der Waals surface area contributed by atoms with Crippen LogP contribution in [0.3, 0.4) is 0 Å². The van der Waals surface area contributed by atoms with Crippen molar-refractivity contribution in [3.8, 4) is 11.5 Å². The first-order chi connectivity index (χ1) is 11.2. The molecule has 1 amide bonds. The third-order valence-corrected chi connectivity index (χ3v) is 3.87. The largest absolute Gasteiger partial charge is 0.493 e.